The summed E-state index contributed by atoms with van der Waals surface area (Å²) in [5, 5.41) is -0.296. The summed E-state index contributed by atoms with van der Waals surface area (Å²) in [5.41, 5.74) is 2.44. The molecule has 0 bridgehead atoms. The van der Waals surface area contributed by atoms with Gasteiger partial charge in [-0.25, -0.2) is 4.90 Å². The number of thioether (sulfide) groups is 1. The molecule has 120 valence electrons. The van der Waals surface area contributed by atoms with Crippen LogP contribution in [-0.2, 0) is 4.79 Å². The number of carbonyl (C=O) groups is 2. The second-order valence-electron chi connectivity index (χ2n) is 5.47. The molecule has 2 aliphatic heterocycles. The third-order valence-electron chi connectivity index (χ3n) is 3.78. The first-order valence-corrected chi connectivity index (χ1v) is 8.18. The summed E-state index contributed by atoms with van der Waals surface area (Å²) < 4.78 is 10.6. The molecule has 0 radical (unpaired) electrons. The van der Waals surface area contributed by atoms with Crippen molar-refractivity contribution in [3.8, 4) is 11.5 Å². The highest BCUT2D eigenvalue weighted by molar-refractivity contribution is 8.19. The topological polar surface area (TPSA) is 55.8 Å². The molecule has 2 aliphatic rings. The predicted molar refractivity (Wildman–Crippen MR) is 92.2 cm³/mol. The Labute approximate surface area is 142 Å². The first kappa shape index (κ1) is 14.8. The number of nitrogens with zero attached hydrogens (tertiary/aromatic N) is 1. The number of rotatable bonds is 2. The Hall–Kier alpha value is -2.73. The molecule has 0 saturated carbocycles. The Morgan fingerprint density at radius 3 is 2.58 bits per heavy atom. The van der Waals surface area contributed by atoms with Crippen molar-refractivity contribution in [3.63, 3.8) is 0 Å². The number of hydrogen-bond acceptors (Lipinski definition) is 5. The Bertz CT molecular complexity index is 873. The minimum atomic E-state index is -0.313. The number of hydrogen-bond donors (Lipinski definition) is 0. The van der Waals surface area contributed by atoms with Crippen LogP contribution in [0.3, 0.4) is 0 Å². The molecule has 1 fully saturated rings. The highest BCUT2D eigenvalue weighted by Gasteiger charge is 2.36. The van der Waals surface area contributed by atoms with Crippen LogP contribution < -0.4 is 14.4 Å². The zero-order chi connectivity index (χ0) is 16.7. The van der Waals surface area contributed by atoms with E-state index in [2.05, 4.69) is 0 Å². The molecule has 24 heavy (non-hydrogen) atoms. The van der Waals surface area contributed by atoms with Gasteiger partial charge in [0, 0.05) is 0 Å². The lowest BCUT2D eigenvalue weighted by Gasteiger charge is -2.12. The Balaban J connectivity index is 1.64. The van der Waals surface area contributed by atoms with Gasteiger partial charge in [0.25, 0.3) is 11.1 Å². The van der Waals surface area contributed by atoms with Gasteiger partial charge in [0.2, 0.25) is 6.79 Å². The van der Waals surface area contributed by atoms with Crippen LogP contribution in [0.2, 0.25) is 0 Å². The van der Waals surface area contributed by atoms with Crippen molar-refractivity contribution in [1.29, 1.82) is 0 Å². The van der Waals surface area contributed by atoms with E-state index in [-0.39, 0.29) is 17.9 Å². The number of aryl methyl sites for hydroxylation is 1. The molecule has 2 heterocycles. The van der Waals surface area contributed by atoms with Gasteiger partial charge in [-0.2, -0.15) is 0 Å². The van der Waals surface area contributed by atoms with Gasteiger partial charge < -0.3 is 9.47 Å². The fraction of sp³-hybridized carbons (Fsp3) is 0.111. The zero-order valence-electron chi connectivity index (χ0n) is 12.8. The highest BCUT2D eigenvalue weighted by Crippen LogP contribution is 2.37. The third-order valence-corrected chi connectivity index (χ3v) is 4.65. The molecule has 2 aromatic rings. The molecule has 0 atom stereocenters. The Morgan fingerprint density at radius 2 is 1.79 bits per heavy atom. The maximum absolute atomic E-state index is 12.6. The number of fused-ring (bicyclic) bond motifs is 1. The van der Waals surface area contributed by atoms with Crippen molar-refractivity contribution >= 4 is 34.7 Å². The van der Waals surface area contributed by atoms with E-state index in [1.165, 1.54) is 4.90 Å². The number of benzene rings is 2. The fourth-order valence-corrected chi connectivity index (χ4v) is 3.38. The van der Waals surface area contributed by atoms with Crippen molar-refractivity contribution in [2.45, 2.75) is 6.92 Å². The predicted octanol–water partition coefficient (Wildman–Crippen LogP) is 3.96. The maximum atomic E-state index is 12.6. The standard InChI is InChI=1S/C18H13NO4S/c1-11-2-5-13(6-3-11)19-17(20)16(24-18(19)21)9-12-4-7-14-15(8-12)23-10-22-14/h2-9H,10H2,1H3. The number of ether oxygens (including phenoxy) is 2. The minimum Gasteiger partial charge on any atom is -0.454 e. The quantitative estimate of drug-likeness (QED) is 0.775. The summed E-state index contributed by atoms with van der Waals surface area (Å²) in [4.78, 5) is 26.4. The molecular formula is C18H13NO4S. The molecule has 0 spiro atoms. The van der Waals surface area contributed by atoms with Crippen LogP contribution in [0.15, 0.2) is 47.4 Å². The van der Waals surface area contributed by atoms with Crippen molar-refractivity contribution in [2.24, 2.45) is 0 Å². The van der Waals surface area contributed by atoms with E-state index in [1.807, 2.05) is 25.1 Å². The summed E-state index contributed by atoms with van der Waals surface area (Å²) in [7, 11) is 0. The third kappa shape index (κ3) is 2.55. The maximum Gasteiger partial charge on any atom is 0.298 e. The van der Waals surface area contributed by atoms with Gasteiger partial charge in [0.05, 0.1) is 10.6 Å². The first-order chi connectivity index (χ1) is 11.6. The van der Waals surface area contributed by atoms with E-state index in [9.17, 15) is 9.59 Å². The molecule has 0 N–H and O–H groups in total. The highest BCUT2D eigenvalue weighted by atomic mass is 32.2. The van der Waals surface area contributed by atoms with E-state index in [0.717, 1.165) is 22.9 Å². The van der Waals surface area contributed by atoms with Crippen molar-refractivity contribution < 1.29 is 19.1 Å². The largest absolute Gasteiger partial charge is 0.454 e. The average molecular weight is 339 g/mol. The lowest BCUT2D eigenvalue weighted by atomic mass is 10.2. The van der Waals surface area contributed by atoms with E-state index in [0.29, 0.717) is 22.1 Å². The van der Waals surface area contributed by atoms with Crippen LogP contribution in [-0.4, -0.2) is 17.9 Å². The second-order valence-corrected chi connectivity index (χ2v) is 6.46. The molecule has 1 saturated heterocycles. The second kappa shape index (κ2) is 5.72. The Morgan fingerprint density at radius 1 is 1.04 bits per heavy atom. The summed E-state index contributed by atoms with van der Waals surface area (Å²) >= 11 is 0.935. The summed E-state index contributed by atoms with van der Waals surface area (Å²) in [6.07, 6.45) is 1.70. The summed E-state index contributed by atoms with van der Waals surface area (Å²) in [6, 6.07) is 12.7. The van der Waals surface area contributed by atoms with Crippen molar-refractivity contribution in [2.75, 3.05) is 11.7 Å². The molecule has 2 amide bonds. The molecular weight excluding hydrogens is 326 g/mol. The summed E-state index contributed by atoms with van der Waals surface area (Å²) in [6.45, 7) is 2.15. The van der Waals surface area contributed by atoms with E-state index in [1.54, 1.807) is 30.3 Å². The van der Waals surface area contributed by atoms with Gasteiger partial charge in [-0.15, -0.1) is 0 Å². The normalized spacial score (nSPS) is 17.9. The lowest BCUT2D eigenvalue weighted by molar-refractivity contribution is -0.113. The first-order valence-electron chi connectivity index (χ1n) is 7.36. The van der Waals surface area contributed by atoms with E-state index < -0.39 is 0 Å². The van der Waals surface area contributed by atoms with Crippen molar-refractivity contribution in [3.05, 3.63) is 58.5 Å². The Kier molecular flexibility index (Phi) is 3.54. The minimum absolute atomic E-state index is 0.197. The lowest BCUT2D eigenvalue weighted by Crippen LogP contribution is -2.27. The number of amides is 2. The average Bonchev–Trinajstić information content (AvgIpc) is 3.13. The molecule has 5 nitrogen and oxygen atoms in total. The van der Waals surface area contributed by atoms with Gasteiger partial charge in [-0.1, -0.05) is 23.8 Å². The zero-order valence-corrected chi connectivity index (χ0v) is 13.6. The van der Waals surface area contributed by atoms with Gasteiger partial charge in [0.1, 0.15) is 0 Å². The van der Waals surface area contributed by atoms with Gasteiger partial charge in [-0.3, -0.25) is 9.59 Å². The summed E-state index contributed by atoms with van der Waals surface area (Å²) in [5.74, 6) is 1.01. The number of imide groups is 1. The van der Waals surface area contributed by atoms with E-state index >= 15 is 0 Å². The molecule has 0 unspecified atom stereocenters. The number of carbonyl (C=O) groups excluding carboxylic acids is 2. The number of anilines is 1. The van der Waals surface area contributed by atoms with Crippen LogP contribution in [0.4, 0.5) is 10.5 Å². The van der Waals surface area contributed by atoms with Crippen LogP contribution in [0.1, 0.15) is 11.1 Å². The molecule has 2 aromatic carbocycles. The monoisotopic (exact) mass is 339 g/mol. The van der Waals surface area contributed by atoms with Crippen molar-refractivity contribution in [1.82, 2.24) is 0 Å². The molecule has 4 rings (SSSR count). The van der Waals surface area contributed by atoms with Crippen LogP contribution in [0.25, 0.3) is 6.08 Å². The molecule has 0 aliphatic carbocycles. The molecule has 0 aromatic heterocycles. The van der Waals surface area contributed by atoms with Crippen LogP contribution >= 0.6 is 11.8 Å². The van der Waals surface area contributed by atoms with Gasteiger partial charge >= 0.3 is 0 Å². The SMILES string of the molecule is Cc1ccc(N2C(=O)SC(=Cc3ccc4c(c3)OCO4)C2=O)cc1. The van der Waals surface area contributed by atoms with Crippen LogP contribution in [0, 0.1) is 6.92 Å². The fourth-order valence-electron chi connectivity index (χ4n) is 2.54. The van der Waals surface area contributed by atoms with E-state index in [4.69, 9.17) is 9.47 Å². The molecule has 6 heteroatoms. The van der Waals surface area contributed by atoms with Gasteiger partial charge in [0.15, 0.2) is 11.5 Å². The van der Waals surface area contributed by atoms with Crippen LogP contribution in [0.5, 0.6) is 11.5 Å². The smallest absolute Gasteiger partial charge is 0.298 e. The van der Waals surface area contributed by atoms with Gasteiger partial charge in [-0.05, 0) is 54.6 Å².